The Balaban J connectivity index is 2.19. The average Bonchev–Trinajstić information content (AvgIpc) is 2.42. The summed E-state index contributed by atoms with van der Waals surface area (Å²) in [5.74, 6) is -0.0488. The van der Waals surface area contributed by atoms with Crippen molar-refractivity contribution < 1.29 is 9.53 Å². The van der Waals surface area contributed by atoms with Gasteiger partial charge in [0.2, 0.25) is 5.91 Å². The van der Waals surface area contributed by atoms with E-state index in [1.807, 2.05) is 19.1 Å². The first-order chi connectivity index (χ1) is 9.63. The zero-order chi connectivity index (χ0) is 14.8. The Bertz CT molecular complexity index is 424. The van der Waals surface area contributed by atoms with Crippen molar-refractivity contribution in [3.05, 3.63) is 28.8 Å². The molecule has 0 atom stereocenters. The Morgan fingerprint density at radius 3 is 2.85 bits per heavy atom. The summed E-state index contributed by atoms with van der Waals surface area (Å²) >= 11 is 5.91. The van der Waals surface area contributed by atoms with Crippen LogP contribution in [0.4, 0.5) is 5.69 Å². The normalized spacial score (nSPS) is 10.6. The fraction of sp³-hybridized carbons (Fsp3) is 0.533. The smallest absolute Gasteiger partial charge is 0.238 e. The molecule has 0 aliphatic rings. The SMILES string of the molecule is COCCCCCNCC(=O)Nc1cc(Cl)ccc1C. The summed E-state index contributed by atoms with van der Waals surface area (Å²) in [5.41, 5.74) is 1.77. The molecule has 0 heterocycles. The molecular formula is C15H23ClN2O2. The first kappa shape index (κ1) is 17.0. The number of unbranched alkanes of at least 4 members (excludes halogenated alkanes) is 2. The minimum atomic E-state index is -0.0488. The Hall–Kier alpha value is -1.10. The van der Waals surface area contributed by atoms with Gasteiger partial charge in [-0.15, -0.1) is 0 Å². The molecule has 0 unspecified atom stereocenters. The highest BCUT2D eigenvalue weighted by molar-refractivity contribution is 6.31. The lowest BCUT2D eigenvalue weighted by molar-refractivity contribution is -0.115. The van der Waals surface area contributed by atoms with E-state index in [2.05, 4.69) is 10.6 Å². The maximum absolute atomic E-state index is 11.8. The summed E-state index contributed by atoms with van der Waals surface area (Å²) in [4.78, 5) is 11.8. The predicted octanol–water partition coefficient (Wildman–Crippen LogP) is 2.99. The second-order valence-corrected chi connectivity index (χ2v) is 5.17. The molecule has 1 amide bonds. The van der Waals surface area contributed by atoms with Crippen molar-refractivity contribution >= 4 is 23.2 Å². The first-order valence-electron chi connectivity index (χ1n) is 6.89. The number of carbonyl (C=O) groups excluding carboxylic acids is 1. The number of anilines is 1. The summed E-state index contributed by atoms with van der Waals surface area (Å²) in [6.07, 6.45) is 3.22. The van der Waals surface area contributed by atoms with E-state index >= 15 is 0 Å². The van der Waals surface area contributed by atoms with Crippen LogP contribution in [0.15, 0.2) is 18.2 Å². The van der Waals surface area contributed by atoms with E-state index in [-0.39, 0.29) is 5.91 Å². The lowest BCUT2D eigenvalue weighted by Gasteiger charge is -2.09. The Morgan fingerprint density at radius 1 is 1.30 bits per heavy atom. The molecule has 5 heteroatoms. The minimum absolute atomic E-state index is 0.0488. The molecule has 0 radical (unpaired) electrons. The highest BCUT2D eigenvalue weighted by atomic mass is 35.5. The van der Waals surface area contributed by atoms with Crippen LogP contribution in [-0.4, -0.2) is 32.7 Å². The molecule has 20 heavy (non-hydrogen) atoms. The van der Waals surface area contributed by atoms with Gasteiger partial charge in [0, 0.05) is 24.4 Å². The molecule has 4 nitrogen and oxygen atoms in total. The summed E-state index contributed by atoms with van der Waals surface area (Å²) in [6.45, 7) is 3.89. The van der Waals surface area contributed by atoms with E-state index in [4.69, 9.17) is 16.3 Å². The monoisotopic (exact) mass is 298 g/mol. The molecule has 1 aromatic rings. The summed E-state index contributed by atoms with van der Waals surface area (Å²) < 4.78 is 4.98. The third-order valence-corrected chi connectivity index (χ3v) is 3.20. The first-order valence-corrected chi connectivity index (χ1v) is 7.27. The molecule has 0 saturated heterocycles. The van der Waals surface area contributed by atoms with Crippen molar-refractivity contribution in [2.45, 2.75) is 26.2 Å². The molecular weight excluding hydrogens is 276 g/mol. The molecule has 1 aromatic carbocycles. The van der Waals surface area contributed by atoms with Crippen molar-refractivity contribution in [1.29, 1.82) is 0 Å². The van der Waals surface area contributed by atoms with Crippen LogP contribution in [0.1, 0.15) is 24.8 Å². The standard InChI is InChI=1S/C15H23ClN2O2/c1-12-6-7-13(16)10-14(12)18-15(19)11-17-8-4-3-5-9-20-2/h6-7,10,17H,3-5,8-9,11H2,1-2H3,(H,18,19). The maximum Gasteiger partial charge on any atom is 0.238 e. The number of carbonyl (C=O) groups is 1. The summed E-state index contributed by atoms with van der Waals surface area (Å²) in [6, 6.07) is 5.46. The quantitative estimate of drug-likeness (QED) is 0.689. The number of hydrogen-bond donors (Lipinski definition) is 2. The molecule has 0 spiro atoms. The van der Waals surface area contributed by atoms with E-state index in [0.29, 0.717) is 11.6 Å². The van der Waals surface area contributed by atoms with Crippen molar-refractivity contribution in [1.82, 2.24) is 5.32 Å². The number of methoxy groups -OCH3 is 1. The third kappa shape index (κ3) is 6.89. The number of rotatable bonds is 9. The van der Waals surface area contributed by atoms with Gasteiger partial charge in [-0.3, -0.25) is 4.79 Å². The molecule has 112 valence electrons. The number of benzene rings is 1. The second-order valence-electron chi connectivity index (χ2n) is 4.74. The molecule has 0 bridgehead atoms. The Morgan fingerprint density at radius 2 is 2.10 bits per heavy atom. The van der Waals surface area contributed by atoms with Gasteiger partial charge in [0.15, 0.2) is 0 Å². The van der Waals surface area contributed by atoms with Gasteiger partial charge in [-0.1, -0.05) is 17.7 Å². The van der Waals surface area contributed by atoms with Gasteiger partial charge in [0.1, 0.15) is 0 Å². The van der Waals surface area contributed by atoms with Crippen LogP contribution in [0.5, 0.6) is 0 Å². The van der Waals surface area contributed by atoms with Crippen LogP contribution in [-0.2, 0) is 9.53 Å². The number of amides is 1. The molecule has 0 aliphatic carbocycles. The van der Waals surface area contributed by atoms with Gasteiger partial charge >= 0.3 is 0 Å². The van der Waals surface area contributed by atoms with E-state index < -0.39 is 0 Å². The molecule has 0 aromatic heterocycles. The van der Waals surface area contributed by atoms with Gasteiger partial charge in [0.25, 0.3) is 0 Å². The maximum atomic E-state index is 11.8. The summed E-state index contributed by atoms with van der Waals surface area (Å²) in [5, 5.41) is 6.61. The lowest BCUT2D eigenvalue weighted by Crippen LogP contribution is -2.29. The lowest BCUT2D eigenvalue weighted by atomic mass is 10.2. The predicted molar refractivity (Wildman–Crippen MR) is 83.4 cm³/mol. The van der Waals surface area contributed by atoms with Crippen LogP contribution >= 0.6 is 11.6 Å². The highest BCUT2D eigenvalue weighted by Gasteiger charge is 2.04. The van der Waals surface area contributed by atoms with Crippen LogP contribution in [0.2, 0.25) is 5.02 Å². The number of hydrogen-bond acceptors (Lipinski definition) is 3. The van der Waals surface area contributed by atoms with E-state index in [1.165, 1.54) is 0 Å². The number of ether oxygens (including phenoxy) is 1. The number of aryl methyl sites for hydroxylation is 1. The second kappa shape index (κ2) is 9.75. The van der Waals surface area contributed by atoms with Gasteiger partial charge in [-0.2, -0.15) is 0 Å². The largest absolute Gasteiger partial charge is 0.385 e. The summed E-state index contributed by atoms with van der Waals surface area (Å²) in [7, 11) is 1.71. The topological polar surface area (TPSA) is 50.4 Å². The van der Waals surface area contributed by atoms with E-state index in [1.54, 1.807) is 13.2 Å². The number of nitrogens with one attached hydrogen (secondary N) is 2. The fourth-order valence-corrected chi connectivity index (χ4v) is 1.97. The van der Waals surface area contributed by atoms with Crippen molar-refractivity contribution in [3.63, 3.8) is 0 Å². The highest BCUT2D eigenvalue weighted by Crippen LogP contribution is 2.19. The average molecular weight is 299 g/mol. The Labute approximate surface area is 125 Å². The molecule has 0 fully saturated rings. The molecule has 1 rings (SSSR count). The number of halogens is 1. The van der Waals surface area contributed by atoms with E-state index in [9.17, 15) is 4.79 Å². The van der Waals surface area contributed by atoms with Crippen LogP contribution in [0.25, 0.3) is 0 Å². The molecule has 0 saturated carbocycles. The van der Waals surface area contributed by atoms with Crippen LogP contribution < -0.4 is 10.6 Å². The minimum Gasteiger partial charge on any atom is -0.385 e. The van der Waals surface area contributed by atoms with Crippen LogP contribution in [0, 0.1) is 6.92 Å². The van der Waals surface area contributed by atoms with Crippen molar-refractivity contribution in [3.8, 4) is 0 Å². The van der Waals surface area contributed by atoms with Gasteiger partial charge in [-0.05, 0) is 50.4 Å². The van der Waals surface area contributed by atoms with Crippen LogP contribution in [0.3, 0.4) is 0 Å². The zero-order valence-corrected chi connectivity index (χ0v) is 12.9. The third-order valence-electron chi connectivity index (χ3n) is 2.96. The fourth-order valence-electron chi connectivity index (χ4n) is 1.80. The zero-order valence-electron chi connectivity index (χ0n) is 12.2. The van der Waals surface area contributed by atoms with Gasteiger partial charge in [0.05, 0.1) is 6.54 Å². The van der Waals surface area contributed by atoms with Gasteiger partial charge < -0.3 is 15.4 Å². The molecule has 0 aliphatic heterocycles. The van der Waals surface area contributed by atoms with Crippen molar-refractivity contribution in [2.75, 3.05) is 32.1 Å². The molecule has 2 N–H and O–H groups in total. The Kier molecular flexibility index (Phi) is 8.26. The van der Waals surface area contributed by atoms with E-state index in [0.717, 1.165) is 43.7 Å². The van der Waals surface area contributed by atoms with Crippen molar-refractivity contribution in [2.24, 2.45) is 0 Å². The van der Waals surface area contributed by atoms with Gasteiger partial charge in [-0.25, -0.2) is 0 Å².